The van der Waals surface area contributed by atoms with E-state index in [0.717, 1.165) is 11.3 Å². The summed E-state index contributed by atoms with van der Waals surface area (Å²) in [6, 6.07) is 0. The van der Waals surface area contributed by atoms with Crippen LogP contribution in [0.2, 0.25) is 0 Å². The van der Waals surface area contributed by atoms with Gasteiger partial charge in [-0.1, -0.05) is 0 Å². The zero-order valence-electron chi connectivity index (χ0n) is 7.36. The maximum atomic E-state index is 5.74. The molecule has 0 radical (unpaired) electrons. The highest BCUT2D eigenvalue weighted by Gasteiger charge is 2.13. The fourth-order valence-corrected chi connectivity index (χ4v) is 1.34. The Balaban J connectivity index is 2.56. The lowest BCUT2D eigenvalue weighted by Crippen LogP contribution is -2.28. The van der Waals surface area contributed by atoms with Gasteiger partial charge in [0.15, 0.2) is 0 Å². The lowest BCUT2D eigenvalue weighted by atomic mass is 10.1. The average molecular weight is 177 g/mol. The first-order valence-corrected chi connectivity index (χ1v) is 3.99. The number of nitrogens with two attached hydrogens (primary N) is 2. The summed E-state index contributed by atoms with van der Waals surface area (Å²) < 4.78 is 0. The molecule has 0 amide bonds. The van der Waals surface area contributed by atoms with Crippen LogP contribution in [0.5, 0.6) is 0 Å². The topological polar surface area (TPSA) is 81.1 Å². The van der Waals surface area contributed by atoms with E-state index in [1.807, 2.05) is 13.0 Å². The highest BCUT2D eigenvalue weighted by Crippen LogP contribution is 2.20. The molecular weight excluding hydrogens is 166 g/mol. The van der Waals surface area contributed by atoms with Gasteiger partial charge < -0.3 is 10.7 Å². The van der Waals surface area contributed by atoms with Crippen molar-refractivity contribution in [1.82, 2.24) is 15.0 Å². The largest absolute Gasteiger partial charge is 0.383 e. The normalized spacial score (nSPS) is 14.5. The van der Waals surface area contributed by atoms with E-state index < -0.39 is 0 Å². The van der Waals surface area contributed by atoms with E-state index in [4.69, 9.17) is 11.6 Å². The van der Waals surface area contributed by atoms with Gasteiger partial charge in [0, 0.05) is 11.8 Å². The number of aromatic nitrogens is 2. The Labute approximate surface area is 76.0 Å². The number of nitrogen functional groups attached to an aromatic ring is 1. The highest BCUT2D eigenvalue weighted by molar-refractivity contribution is 5.58. The Bertz CT molecular complexity index is 371. The van der Waals surface area contributed by atoms with Crippen molar-refractivity contribution in [1.29, 1.82) is 0 Å². The van der Waals surface area contributed by atoms with E-state index in [1.54, 1.807) is 11.2 Å². The number of hydrogen-bond donors (Lipinski definition) is 2. The van der Waals surface area contributed by atoms with Gasteiger partial charge >= 0.3 is 0 Å². The van der Waals surface area contributed by atoms with Gasteiger partial charge in [-0.2, -0.15) is 0 Å². The zero-order chi connectivity index (χ0) is 9.42. The van der Waals surface area contributed by atoms with Gasteiger partial charge in [-0.25, -0.2) is 15.8 Å². The smallest absolute Gasteiger partial charge is 0.132 e. The lowest BCUT2D eigenvalue weighted by Gasteiger charge is -2.20. The molecule has 1 aromatic heterocycles. The van der Waals surface area contributed by atoms with Crippen LogP contribution in [0.1, 0.15) is 17.1 Å². The molecule has 1 aliphatic rings. The second kappa shape index (κ2) is 2.70. The first-order chi connectivity index (χ1) is 6.16. The molecule has 4 N–H and O–H groups in total. The molecule has 0 unspecified atom stereocenters. The van der Waals surface area contributed by atoms with Crippen molar-refractivity contribution in [3.63, 3.8) is 0 Å². The molecule has 5 heteroatoms. The van der Waals surface area contributed by atoms with Crippen LogP contribution in [0.4, 0.5) is 5.82 Å². The molecule has 5 nitrogen and oxygen atoms in total. The summed E-state index contributed by atoms with van der Waals surface area (Å²) in [5, 5.41) is 1.55. The molecule has 0 aromatic carbocycles. The Morgan fingerprint density at radius 3 is 3.00 bits per heavy atom. The first-order valence-electron chi connectivity index (χ1n) is 3.99. The van der Waals surface area contributed by atoms with Gasteiger partial charge in [-0.15, -0.1) is 0 Å². The molecule has 0 saturated carbocycles. The third-order valence-corrected chi connectivity index (χ3v) is 1.95. The van der Waals surface area contributed by atoms with Crippen LogP contribution in [0.25, 0.3) is 6.08 Å². The van der Waals surface area contributed by atoms with Crippen LogP contribution in [0.15, 0.2) is 6.20 Å². The van der Waals surface area contributed by atoms with E-state index >= 15 is 0 Å². The molecule has 68 valence electrons. The van der Waals surface area contributed by atoms with Crippen molar-refractivity contribution in [3.8, 4) is 0 Å². The number of aryl methyl sites for hydroxylation is 1. The van der Waals surface area contributed by atoms with Crippen molar-refractivity contribution in [2.24, 2.45) is 5.84 Å². The highest BCUT2D eigenvalue weighted by atomic mass is 15.4. The summed E-state index contributed by atoms with van der Waals surface area (Å²) in [7, 11) is 0. The molecule has 1 aromatic rings. The number of nitrogens with zero attached hydrogens (tertiary/aromatic N) is 3. The second-order valence-corrected chi connectivity index (χ2v) is 3.01. The number of rotatable bonds is 0. The SMILES string of the molecule is Cc1nc(N)c2c(n1)C=CN(N)C2. The van der Waals surface area contributed by atoms with E-state index in [0.29, 0.717) is 18.2 Å². The third-order valence-electron chi connectivity index (χ3n) is 1.95. The standard InChI is InChI=1S/C8H11N5/c1-5-11-7-2-3-13(10)4-6(7)8(9)12-5/h2-3H,4,10H2,1H3,(H2,9,11,12). The van der Waals surface area contributed by atoms with Crippen molar-refractivity contribution in [2.45, 2.75) is 13.5 Å². The number of anilines is 1. The summed E-state index contributed by atoms with van der Waals surface area (Å²) in [4.78, 5) is 8.32. The van der Waals surface area contributed by atoms with Crippen molar-refractivity contribution < 1.29 is 0 Å². The summed E-state index contributed by atoms with van der Waals surface area (Å²) in [6.07, 6.45) is 3.61. The van der Waals surface area contributed by atoms with E-state index in [-0.39, 0.29) is 0 Å². The summed E-state index contributed by atoms with van der Waals surface area (Å²) >= 11 is 0. The predicted molar refractivity (Wildman–Crippen MR) is 49.9 cm³/mol. The molecule has 13 heavy (non-hydrogen) atoms. The van der Waals surface area contributed by atoms with Crippen LogP contribution in [0.3, 0.4) is 0 Å². The molecule has 0 bridgehead atoms. The predicted octanol–water partition coefficient (Wildman–Crippen LogP) is 0.0272. The maximum absolute atomic E-state index is 5.74. The van der Waals surface area contributed by atoms with Crippen LogP contribution < -0.4 is 11.6 Å². The fraction of sp³-hybridized carbons (Fsp3) is 0.250. The molecule has 0 fully saturated rings. The summed E-state index contributed by atoms with van der Waals surface area (Å²) in [5.41, 5.74) is 7.50. The van der Waals surface area contributed by atoms with Crippen LogP contribution >= 0.6 is 0 Å². The molecule has 1 aliphatic heterocycles. The fourth-order valence-electron chi connectivity index (χ4n) is 1.34. The van der Waals surface area contributed by atoms with Gasteiger partial charge in [-0.05, 0) is 13.0 Å². The van der Waals surface area contributed by atoms with Crippen LogP contribution in [-0.4, -0.2) is 15.0 Å². The maximum Gasteiger partial charge on any atom is 0.132 e. The number of fused-ring (bicyclic) bond motifs is 1. The van der Waals surface area contributed by atoms with E-state index in [2.05, 4.69) is 9.97 Å². The van der Waals surface area contributed by atoms with Gasteiger partial charge in [-0.3, -0.25) is 0 Å². The molecular formula is C8H11N5. The lowest BCUT2D eigenvalue weighted by molar-refractivity contribution is 0.383. The molecule has 0 spiro atoms. The summed E-state index contributed by atoms with van der Waals surface area (Å²) in [5.74, 6) is 6.79. The first kappa shape index (κ1) is 8.00. The van der Waals surface area contributed by atoms with Gasteiger partial charge in [0.2, 0.25) is 0 Å². The number of hydrazine groups is 1. The molecule has 0 aliphatic carbocycles. The Morgan fingerprint density at radius 1 is 1.46 bits per heavy atom. The molecule has 2 heterocycles. The van der Waals surface area contributed by atoms with Crippen molar-refractivity contribution >= 4 is 11.9 Å². The second-order valence-electron chi connectivity index (χ2n) is 3.01. The Kier molecular flexibility index (Phi) is 1.66. The monoisotopic (exact) mass is 177 g/mol. The summed E-state index contributed by atoms with van der Waals surface area (Å²) in [6.45, 7) is 2.39. The van der Waals surface area contributed by atoms with Gasteiger partial charge in [0.1, 0.15) is 11.6 Å². The average Bonchev–Trinajstić information content (AvgIpc) is 2.06. The Morgan fingerprint density at radius 2 is 2.23 bits per heavy atom. The molecule has 2 rings (SSSR count). The van der Waals surface area contributed by atoms with Crippen LogP contribution in [-0.2, 0) is 6.54 Å². The minimum Gasteiger partial charge on any atom is -0.383 e. The minimum absolute atomic E-state index is 0.516. The van der Waals surface area contributed by atoms with Gasteiger partial charge in [0.25, 0.3) is 0 Å². The van der Waals surface area contributed by atoms with E-state index in [1.165, 1.54) is 0 Å². The quantitative estimate of drug-likeness (QED) is 0.546. The Hall–Kier alpha value is -1.62. The molecule has 0 atom stereocenters. The third kappa shape index (κ3) is 1.33. The van der Waals surface area contributed by atoms with Gasteiger partial charge in [0.05, 0.1) is 12.2 Å². The molecule has 0 saturated heterocycles. The van der Waals surface area contributed by atoms with Crippen molar-refractivity contribution in [3.05, 3.63) is 23.3 Å². The van der Waals surface area contributed by atoms with E-state index in [9.17, 15) is 0 Å². The zero-order valence-corrected chi connectivity index (χ0v) is 7.36. The van der Waals surface area contributed by atoms with Crippen LogP contribution in [0, 0.1) is 6.92 Å². The van der Waals surface area contributed by atoms with Crippen molar-refractivity contribution in [2.75, 3.05) is 5.73 Å². The number of hydrogen-bond acceptors (Lipinski definition) is 5. The minimum atomic E-state index is 0.516.